The lowest BCUT2D eigenvalue weighted by Crippen LogP contribution is -2.29. The Morgan fingerprint density at radius 3 is 2.38 bits per heavy atom. The molecule has 0 aliphatic heterocycles. The Hall–Kier alpha value is -1.75. The molecule has 0 bridgehead atoms. The minimum atomic E-state index is -0.780. The van der Waals surface area contributed by atoms with E-state index in [9.17, 15) is 4.79 Å². The van der Waals surface area contributed by atoms with Crippen LogP contribution in [-0.4, -0.2) is 27.1 Å². The SMILES string of the molecule is COCN(OC(=O)OC)c1ccc(C)cc1. The molecular formula is C11H15NO4. The van der Waals surface area contributed by atoms with E-state index in [-0.39, 0.29) is 6.73 Å². The van der Waals surface area contributed by atoms with Gasteiger partial charge in [0.05, 0.1) is 12.8 Å². The van der Waals surface area contributed by atoms with E-state index in [2.05, 4.69) is 4.74 Å². The molecule has 0 spiro atoms. The molecule has 0 amide bonds. The standard InChI is InChI=1S/C11H15NO4/c1-9-4-6-10(7-5-9)12(8-14-2)16-11(13)15-3/h4-7H,8H2,1-3H3. The number of benzene rings is 1. The van der Waals surface area contributed by atoms with E-state index in [0.717, 1.165) is 11.3 Å². The Morgan fingerprint density at radius 1 is 1.25 bits per heavy atom. The fourth-order valence-corrected chi connectivity index (χ4v) is 1.11. The fraction of sp³-hybridized carbons (Fsp3) is 0.364. The number of carbonyl (C=O) groups is 1. The van der Waals surface area contributed by atoms with Crippen LogP contribution in [0, 0.1) is 6.92 Å². The second-order valence-corrected chi connectivity index (χ2v) is 3.18. The van der Waals surface area contributed by atoms with Crippen LogP contribution in [0.4, 0.5) is 10.5 Å². The third kappa shape index (κ3) is 3.43. The van der Waals surface area contributed by atoms with E-state index in [0.29, 0.717) is 0 Å². The quantitative estimate of drug-likeness (QED) is 0.446. The second-order valence-electron chi connectivity index (χ2n) is 3.18. The van der Waals surface area contributed by atoms with E-state index in [1.165, 1.54) is 19.3 Å². The van der Waals surface area contributed by atoms with Crippen molar-refractivity contribution in [1.29, 1.82) is 0 Å². The summed E-state index contributed by atoms with van der Waals surface area (Å²) >= 11 is 0. The number of ether oxygens (including phenoxy) is 2. The number of hydrogen-bond acceptors (Lipinski definition) is 5. The maximum Gasteiger partial charge on any atom is 0.533 e. The molecule has 0 saturated heterocycles. The third-order valence-electron chi connectivity index (χ3n) is 1.92. The molecule has 0 fully saturated rings. The summed E-state index contributed by atoms with van der Waals surface area (Å²) in [6, 6.07) is 7.49. The summed E-state index contributed by atoms with van der Waals surface area (Å²) in [7, 11) is 2.77. The zero-order valence-corrected chi connectivity index (χ0v) is 9.60. The van der Waals surface area contributed by atoms with Crippen LogP contribution in [0.25, 0.3) is 0 Å². The summed E-state index contributed by atoms with van der Waals surface area (Å²) < 4.78 is 9.34. The lowest BCUT2D eigenvalue weighted by Gasteiger charge is -2.21. The molecule has 16 heavy (non-hydrogen) atoms. The van der Waals surface area contributed by atoms with Gasteiger partial charge in [0, 0.05) is 7.11 Å². The number of hydroxylamine groups is 1. The average molecular weight is 225 g/mol. The summed E-state index contributed by atoms with van der Waals surface area (Å²) in [6.45, 7) is 2.11. The van der Waals surface area contributed by atoms with Crippen molar-refractivity contribution in [3.05, 3.63) is 29.8 Å². The highest BCUT2D eigenvalue weighted by Gasteiger charge is 2.12. The molecular weight excluding hydrogens is 210 g/mol. The van der Waals surface area contributed by atoms with E-state index >= 15 is 0 Å². The van der Waals surface area contributed by atoms with Crippen LogP contribution >= 0.6 is 0 Å². The van der Waals surface area contributed by atoms with Gasteiger partial charge >= 0.3 is 6.16 Å². The first-order valence-corrected chi connectivity index (χ1v) is 4.76. The van der Waals surface area contributed by atoms with Gasteiger partial charge in [-0.1, -0.05) is 17.7 Å². The van der Waals surface area contributed by atoms with Crippen molar-refractivity contribution in [3.63, 3.8) is 0 Å². The first-order valence-electron chi connectivity index (χ1n) is 4.76. The fourth-order valence-electron chi connectivity index (χ4n) is 1.11. The molecule has 0 aromatic heterocycles. The second kappa shape index (κ2) is 5.97. The molecule has 0 aliphatic carbocycles. The highest BCUT2D eigenvalue weighted by molar-refractivity contribution is 5.62. The van der Waals surface area contributed by atoms with Crippen molar-refractivity contribution in [1.82, 2.24) is 0 Å². The largest absolute Gasteiger partial charge is 0.533 e. The minimum Gasteiger partial charge on any atom is -0.436 e. The lowest BCUT2D eigenvalue weighted by molar-refractivity contribution is 0.0325. The van der Waals surface area contributed by atoms with Crippen molar-refractivity contribution in [2.24, 2.45) is 0 Å². The van der Waals surface area contributed by atoms with Crippen molar-refractivity contribution in [2.45, 2.75) is 6.92 Å². The Balaban J connectivity index is 2.76. The monoisotopic (exact) mass is 225 g/mol. The highest BCUT2D eigenvalue weighted by Crippen LogP contribution is 2.15. The molecule has 5 nitrogen and oxygen atoms in total. The van der Waals surface area contributed by atoms with E-state index in [1.54, 1.807) is 0 Å². The van der Waals surface area contributed by atoms with Crippen molar-refractivity contribution >= 4 is 11.8 Å². The molecule has 1 aromatic rings. The Labute approximate surface area is 94.5 Å². The molecule has 88 valence electrons. The first kappa shape index (κ1) is 12.3. The summed E-state index contributed by atoms with van der Waals surface area (Å²) in [5, 5.41) is 1.31. The van der Waals surface area contributed by atoms with Crippen LogP contribution in [-0.2, 0) is 14.3 Å². The van der Waals surface area contributed by atoms with Gasteiger partial charge in [0.1, 0.15) is 0 Å². The topological polar surface area (TPSA) is 48.0 Å². The molecule has 5 heteroatoms. The summed E-state index contributed by atoms with van der Waals surface area (Å²) in [4.78, 5) is 15.9. The zero-order valence-electron chi connectivity index (χ0n) is 9.60. The molecule has 1 rings (SSSR count). The minimum absolute atomic E-state index is 0.137. The maximum atomic E-state index is 11.0. The molecule has 0 atom stereocenters. The van der Waals surface area contributed by atoms with Crippen LogP contribution < -0.4 is 5.06 Å². The third-order valence-corrected chi connectivity index (χ3v) is 1.92. The van der Waals surface area contributed by atoms with Crippen LogP contribution in [0.3, 0.4) is 0 Å². The van der Waals surface area contributed by atoms with Gasteiger partial charge in [0.15, 0.2) is 6.73 Å². The lowest BCUT2D eigenvalue weighted by atomic mass is 10.2. The number of carbonyl (C=O) groups excluding carboxylic acids is 1. The molecule has 0 aliphatic rings. The summed E-state index contributed by atoms with van der Waals surface area (Å²) in [6.07, 6.45) is -0.780. The summed E-state index contributed by atoms with van der Waals surface area (Å²) in [5.41, 5.74) is 1.84. The molecule has 0 unspecified atom stereocenters. The van der Waals surface area contributed by atoms with Crippen LogP contribution in [0.2, 0.25) is 0 Å². The average Bonchev–Trinajstić information content (AvgIpc) is 2.29. The number of methoxy groups -OCH3 is 2. The predicted octanol–water partition coefficient (Wildman–Crippen LogP) is 2.10. The number of aryl methyl sites for hydroxylation is 1. The van der Waals surface area contributed by atoms with Gasteiger partial charge in [-0.15, -0.1) is 0 Å². The van der Waals surface area contributed by atoms with E-state index in [4.69, 9.17) is 9.57 Å². The molecule has 0 saturated carbocycles. The number of nitrogens with zero attached hydrogens (tertiary/aromatic N) is 1. The predicted molar refractivity (Wildman–Crippen MR) is 59.0 cm³/mol. The number of anilines is 1. The zero-order chi connectivity index (χ0) is 12.0. The van der Waals surface area contributed by atoms with Crippen molar-refractivity contribution in [3.8, 4) is 0 Å². The van der Waals surface area contributed by atoms with Gasteiger partial charge in [-0.3, -0.25) is 0 Å². The summed E-state index contributed by atoms with van der Waals surface area (Å²) in [5.74, 6) is 0. The Morgan fingerprint density at radius 2 is 1.88 bits per heavy atom. The van der Waals surface area contributed by atoms with Crippen molar-refractivity contribution < 1.29 is 19.1 Å². The molecule has 1 aromatic carbocycles. The van der Waals surface area contributed by atoms with Gasteiger partial charge in [0.25, 0.3) is 0 Å². The molecule has 0 N–H and O–H groups in total. The number of hydrogen-bond donors (Lipinski definition) is 0. The van der Waals surface area contributed by atoms with Gasteiger partial charge in [0.2, 0.25) is 0 Å². The van der Waals surface area contributed by atoms with Crippen molar-refractivity contribution in [2.75, 3.05) is 26.0 Å². The Bertz CT molecular complexity index is 336. The normalized spacial score (nSPS) is 9.69. The maximum absolute atomic E-state index is 11.0. The van der Waals surface area contributed by atoms with Gasteiger partial charge in [-0.2, -0.15) is 5.06 Å². The Kier molecular flexibility index (Phi) is 4.60. The molecule has 0 heterocycles. The van der Waals surface area contributed by atoms with Crippen LogP contribution in [0.5, 0.6) is 0 Å². The van der Waals surface area contributed by atoms with Gasteiger partial charge in [-0.25, -0.2) is 4.79 Å². The van der Waals surface area contributed by atoms with E-state index in [1.807, 2.05) is 31.2 Å². The van der Waals surface area contributed by atoms with Crippen LogP contribution in [0.15, 0.2) is 24.3 Å². The first-order chi connectivity index (χ1) is 7.67. The smallest absolute Gasteiger partial charge is 0.436 e. The van der Waals surface area contributed by atoms with E-state index < -0.39 is 6.16 Å². The van der Waals surface area contributed by atoms with Gasteiger partial charge < -0.3 is 14.3 Å². The van der Waals surface area contributed by atoms with Crippen LogP contribution in [0.1, 0.15) is 5.56 Å². The molecule has 0 radical (unpaired) electrons. The number of rotatable bonds is 4. The highest BCUT2D eigenvalue weighted by atomic mass is 16.8. The van der Waals surface area contributed by atoms with Gasteiger partial charge in [-0.05, 0) is 19.1 Å².